The Hall–Kier alpha value is -1.99. The Morgan fingerprint density at radius 1 is 1.26 bits per heavy atom. The minimum absolute atomic E-state index is 0.0893. The SMILES string of the molecule is O=C(CN1C(C(=O)O)CC2CCCCC21)NCCc1nc2ccccc2s1. The molecule has 1 saturated carbocycles. The number of carbonyl (C=O) groups excluding carboxylic acids is 1. The van der Waals surface area contributed by atoms with Gasteiger partial charge in [0.1, 0.15) is 6.04 Å². The zero-order valence-corrected chi connectivity index (χ0v) is 16.1. The van der Waals surface area contributed by atoms with Crippen LogP contribution in [0, 0.1) is 5.92 Å². The van der Waals surface area contributed by atoms with E-state index in [1.165, 1.54) is 6.42 Å². The van der Waals surface area contributed by atoms with Crippen molar-refractivity contribution in [2.24, 2.45) is 5.92 Å². The summed E-state index contributed by atoms with van der Waals surface area (Å²) in [6.45, 7) is 0.705. The van der Waals surface area contributed by atoms with E-state index in [-0.39, 0.29) is 18.5 Å². The van der Waals surface area contributed by atoms with Crippen molar-refractivity contribution < 1.29 is 14.7 Å². The second-order valence-electron chi connectivity index (χ2n) is 7.55. The van der Waals surface area contributed by atoms with Crippen LogP contribution < -0.4 is 5.32 Å². The topological polar surface area (TPSA) is 82.5 Å². The first kappa shape index (κ1) is 18.4. The van der Waals surface area contributed by atoms with Crippen LogP contribution in [0.25, 0.3) is 10.2 Å². The van der Waals surface area contributed by atoms with Gasteiger partial charge in [-0.05, 0) is 37.3 Å². The maximum absolute atomic E-state index is 12.4. The summed E-state index contributed by atoms with van der Waals surface area (Å²) in [7, 11) is 0. The predicted molar refractivity (Wildman–Crippen MR) is 105 cm³/mol. The van der Waals surface area contributed by atoms with Crippen molar-refractivity contribution in [1.82, 2.24) is 15.2 Å². The highest BCUT2D eigenvalue weighted by molar-refractivity contribution is 7.18. The normalized spacial score (nSPS) is 25.4. The van der Waals surface area contributed by atoms with Crippen LogP contribution in [0.5, 0.6) is 0 Å². The molecule has 6 nitrogen and oxygen atoms in total. The smallest absolute Gasteiger partial charge is 0.320 e. The highest BCUT2D eigenvalue weighted by Gasteiger charge is 2.45. The maximum atomic E-state index is 12.4. The Morgan fingerprint density at radius 2 is 2.07 bits per heavy atom. The molecular formula is C20H25N3O3S. The first-order chi connectivity index (χ1) is 13.1. The number of fused-ring (bicyclic) bond motifs is 2. The summed E-state index contributed by atoms with van der Waals surface area (Å²) in [6, 6.07) is 7.74. The van der Waals surface area contributed by atoms with Crippen molar-refractivity contribution in [1.29, 1.82) is 0 Å². The van der Waals surface area contributed by atoms with E-state index >= 15 is 0 Å². The molecule has 1 aliphatic carbocycles. The molecule has 0 bridgehead atoms. The van der Waals surface area contributed by atoms with Crippen LogP contribution in [0.4, 0.5) is 0 Å². The molecule has 1 aromatic carbocycles. The lowest BCUT2D eigenvalue weighted by atomic mass is 9.85. The zero-order valence-electron chi connectivity index (χ0n) is 15.3. The molecule has 3 unspecified atom stereocenters. The van der Waals surface area contributed by atoms with Crippen LogP contribution in [0.3, 0.4) is 0 Å². The molecule has 0 radical (unpaired) electrons. The number of carboxylic acid groups (broad SMARTS) is 1. The van der Waals surface area contributed by atoms with Crippen LogP contribution in [0.2, 0.25) is 0 Å². The third kappa shape index (κ3) is 3.99. The molecule has 1 aliphatic heterocycles. The first-order valence-corrected chi connectivity index (χ1v) is 10.5. The van der Waals surface area contributed by atoms with Crippen LogP contribution in [0.15, 0.2) is 24.3 Å². The third-order valence-corrected chi connectivity index (χ3v) is 6.93. The van der Waals surface area contributed by atoms with Gasteiger partial charge in [-0.2, -0.15) is 0 Å². The van der Waals surface area contributed by atoms with E-state index < -0.39 is 12.0 Å². The molecule has 27 heavy (non-hydrogen) atoms. The molecular weight excluding hydrogens is 362 g/mol. The molecule has 4 rings (SSSR count). The van der Waals surface area contributed by atoms with Gasteiger partial charge in [0.2, 0.25) is 5.91 Å². The van der Waals surface area contributed by atoms with E-state index in [1.807, 2.05) is 23.1 Å². The monoisotopic (exact) mass is 387 g/mol. The molecule has 2 aromatic rings. The van der Waals surface area contributed by atoms with Gasteiger partial charge in [-0.3, -0.25) is 14.5 Å². The van der Waals surface area contributed by atoms with Crippen LogP contribution in [0.1, 0.15) is 37.1 Å². The maximum Gasteiger partial charge on any atom is 0.320 e. The van der Waals surface area contributed by atoms with E-state index in [2.05, 4.69) is 16.4 Å². The third-order valence-electron chi connectivity index (χ3n) is 5.83. The molecule has 7 heteroatoms. The number of amides is 1. The van der Waals surface area contributed by atoms with Gasteiger partial charge in [-0.15, -0.1) is 11.3 Å². The van der Waals surface area contributed by atoms with E-state index in [0.717, 1.165) is 34.5 Å². The number of benzene rings is 1. The largest absolute Gasteiger partial charge is 0.480 e. The van der Waals surface area contributed by atoms with Crippen molar-refractivity contribution in [2.45, 2.75) is 50.6 Å². The Labute approximate surface area is 162 Å². The number of aliphatic carboxylic acids is 1. The number of nitrogens with zero attached hydrogens (tertiary/aromatic N) is 2. The number of rotatable bonds is 6. The van der Waals surface area contributed by atoms with E-state index in [4.69, 9.17) is 0 Å². The number of hydrogen-bond acceptors (Lipinski definition) is 5. The molecule has 1 saturated heterocycles. The number of carbonyl (C=O) groups is 2. The minimum atomic E-state index is -0.799. The highest BCUT2D eigenvalue weighted by atomic mass is 32.1. The van der Waals surface area contributed by atoms with E-state index in [1.54, 1.807) is 11.3 Å². The Balaban J connectivity index is 1.32. The number of aromatic nitrogens is 1. The minimum Gasteiger partial charge on any atom is -0.480 e. The van der Waals surface area contributed by atoms with Crippen molar-refractivity contribution in [3.63, 3.8) is 0 Å². The molecule has 2 fully saturated rings. The van der Waals surface area contributed by atoms with Gasteiger partial charge in [-0.1, -0.05) is 25.0 Å². The number of thiazole rings is 1. The molecule has 144 valence electrons. The van der Waals surface area contributed by atoms with Crippen molar-refractivity contribution >= 4 is 33.4 Å². The molecule has 0 spiro atoms. The van der Waals surface area contributed by atoms with Gasteiger partial charge in [-0.25, -0.2) is 4.98 Å². The summed E-state index contributed by atoms with van der Waals surface area (Å²) in [5, 5.41) is 13.5. The molecule has 1 amide bonds. The number of carboxylic acids is 1. The lowest BCUT2D eigenvalue weighted by Crippen LogP contribution is -2.47. The molecule has 2 N–H and O–H groups in total. The molecule has 1 aromatic heterocycles. The van der Waals surface area contributed by atoms with Crippen molar-refractivity contribution in [3.05, 3.63) is 29.3 Å². The van der Waals surface area contributed by atoms with Crippen LogP contribution in [-0.4, -0.2) is 52.0 Å². The van der Waals surface area contributed by atoms with Gasteiger partial charge < -0.3 is 10.4 Å². The van der Waals surface area contributed by atoms with Crippen LogP contribution >= 0.6 is 11.3 Å². The quantitative estimate of drug-likeness (QED) is 0.796. The van der Waals surface area contributed by atoms with Gasteiger partial charge in [0.15, 0.2) is 0 Å². The fraction of sp³-hybridized carbons (Fsp3) is 0.550. The number of likely N-dealkylation sites (tertiary alicyclic amines) is 1. The van der Waals surface area contributed by atoms with Gasteiger partial charge >= 0.3 is 5.97 Å². The van der Waals surface area contributed by atoms with E-state index in [9.17, 15) is 14.7 Å². The Kier molecular flexibility index (Phi) is 5.41. The lowest BCUT2D eigenvalue weighted by molar-refractivity contribution is -0.143. The standard InChI is InChI=1S/C20H25N3O3S/c24-18(21-10-9-19-22-14-6-2-4-8-17(14)27-19)12-23-15-7-3-1-5-13(15)11-16(23)20(25)26/h2,4,6,8,13,15-16H,1,3,5,7,9-12H2,(H,21,24)(H,25,26). The average molecular weight is 388 g/mol. The summed E-state index contributed by atoms with van der Waals surface area (Å²) in [4.78, 5) is 30.6. The van der Waals surface area contributed by atoms with Crippen LogP contribution in [-0.2, 0) is 16.0 Å². The predicted octanol–water partition coefficient (Wildman–Crippen LogP) is 2.67. The second-order valence-corrected chi connectivity index (χ2v) is 8.66. The highest BCUT2D eigenvalue weighted by Crippen LogP contribution is 2.39. The first-order valence-electron chi connectivity index (χ1n) is 9.71. The Bertz CT molecular complexity index is 804. The summed E-state index contributed by atoms with van der Waals surface area (Å²) < 4.78 is 1.16. The van der Waals surface area contributed by atoms with E-state index in [0.29, 0.717) is 25.3 Å². The van der Waals surface area contributed by atoms with Crippen molar-refractivity contribution in [3.8, 4) is 0 Å². The fourth-order valence-corrected chi connectivity index (χ4v) is 5.55. The zero-order chi connectivity index (χ0) is 18.8. The Morgan fingerprint density at radius 3 is 2.89 bits per heavy atom. The second kappa shape index (κ2) is 7.94. The number of nitrogens with one attached hydrogen (secondary N) is 1. The molecule has 2 aliphatic rings. The van der Waals surface area contributed by atoms with Crippen molar-refractivity contribution in [2.75, 3.05) is 13.1 Å². The van der Waals surface area contributed by atoms with Gasteiger partial charge in [0.25, 0.3) is 0 Å². The molecule has 2 heterocycles. The molecule has 3 atom stereocenters. The summed E-state index contributed by atoms with van der Waals surface area (Å²) in [6.07, 6.45) is 5.77. The number of hydrogen-bond donors (Lipinski definition) is 2. The lowest BCUT2D eigenvalue weighted by Gasteiger charge is -2.32. The summed E-state index contributed by atoms with van der Waals surface area (Å²) in [5.41, 5.74) is 0.994. The fourth-order valence-electron chi connectivity index (χ4n) is 4.58. The van der Waals surface area contributed by atoms with Gasteiger partial charge in [0.05, 0.1) is 21.8 Å². The summed E-state index contributed by atoms with van der Waals surface area (Å²) in [5.74, 6) is -0.462. The van der Waals surface area contributed by atoms with Gasteiger partial charge in [0, 0.05) is 19.0 Å². The summed E-state index contributed by atoms with van der Waals surface area (Å²) >= 11 is 1.65. The average Bonchev–Trinajstić information content (AvgIpc) is 3.23. The number of para-hydroxylation sites is 1.